The van der Waals surface area contributed by atoms with E-state index in [2.05, 4.69) is 5.73 Å². The zero-order chi connectivity index (χ0) is 22.1. The van der Waals surface area contributed by atoms with Gasteiger partial charge in [0, 0.05) is 6.07 Å². The number of amides is 2. The van der Waals surface area contributed by atoms with Crippen LogP contribution < -0.4 is 20.0 Å². The second-order valence-electron chi connectivity index (χ2n) is 5.33. The maximum atomic E-state index is 14.1. The summed E-state index contributed by atoms with van der Waals surface area (Å²) in [5.41, 5.74) is -0.786. The van der Waals surface area contributed by atoms with Crippen molar-refractivity contribution >= 4 is 16.1 Å². The Morgan fingerprint density at radius 3 is 2.04 bits per heavy atom. The first-order valence-electron chi connectivity index (χ1n) is 7.00. The number of rotatable bonds is 7. The number of nitrogens with zero attached hydrogens (tertiary/aromatic N) is 1. The second-order valence-corrected chi connectivity index (χ2v) is 6.96. The highest BCUT2D eigenvalue weighted by molar-refractivity contribution is 7.89. The average molecular weight is 439 g/mol. The van der Waals surface area contributed by atoms with Gasteiger partial charge in [-0.3, -0.25) is 0 Å². The van der Waals surface area contributed by atoms with E-state index in [4.69, 9.17) is 9.47 Å². The lowest BCUT2D eigenvalue weighted by atomic mass is 10.1. The lowest BCUT2D eigenvalue weighted by Gasteiger charge is -2.37. The van der Waals surface area contributed by atoms with Crippen LogP contribution in [0.2, 0.25) is 0 Å². The predicted molar refractivity (Wildman–Crippen MR) is 81.8 cm³/mol. The van der Waals surface area contributed by atoms with E-state index < -0.39 is 56.5 Å². The highest BCUT2D eigenvalue weighted by atomic mass is 32.2. The standard InChI is InChI=1S/C13H15F6N3O5S/c1-11(14,12(15,16)17)13(18,19)22(10(20)23)21-28(24,25)9-6-7(26-2)4-5-8(9)27-3/h4-6,21H,1-3H3,(H2,20,23). The molecule has 0 spiro atoms. The van der Waals surface area contributed by atoms with Crippen LogP contribution in [0.3, 0.4) is 0 Å². The number of benzene rings is 1. The van der Waals surface area contributed by atoms with Gasteiger partial charge in [-0.2, -0.15) is 27.0 Å². The summed E-state index contributed by atoms with van der Waals surface area (Å²) in [4.78, 5) is 11.2. The number of hydrazine groups is 1. The largest absolute Gasteiger partial charge is 0.497 e. The summed E-state index contributed by atoms with van der Waals surface area (Å²) >= 11 is 0. The number of alkyl halides is 6. The number of ether oxygens (including phenoxy) is 2. The molecule has 0 bridgehead atoms. The Kier molecular flexibility index (Phi) is 6.36. The van der Waals surface area contributed by atoms with Crippen molar-refractivity contribution in [2.24, 2.45) is 5.73 Å². The number of carbonyl (C=O) groups excluding carboxylic acids is 1. The van der Waals surface area contributed by atoms with E-state index in [0.717, 1.165) is 31.2 Å². The number of sulfonamides is 1. The van der Waals surface area contributed by atoms with Crippen LogP contribution in [0.25, 0.3) is 0 Å². The molecule has 0 aliphatic rings. The number of nitrogens with two attached hydrogens (primary N) is 1. The molecule has 8 nitrogen and oxygen atoms in total. The molecule has 28 heavy (non-hydrogen) atoms. The molecule has 0 aliphatic heterocycles. The van der Waals surface area contributed by atoms with E-state index in [9.17, 15) is 39.6 Å². The van der Waals surface area contributed by atoms with Gasteiger partial charge in [-0.1, -0.05) is 0 Å². The van der Waals surface area contributed by atoms with Gasteiger partial charge in [0.15, 0.2) is 0 Å². The number of halogens is 6. The Labute approximate surface area is 155 Å². The molecule has 0 fully saturated rings. The molecule has 1 unspecified atom stereocenters. The Morgan fingerprint density at radius 2 is 1.64 bits per heavy atom. The smallest absolute Gasteiger partial charge is 0.430 e. The summed E-state index contributed by atoms with van der Waals surface area (Å²) < 4.78 is 114. The van der Waals surface area contributed by atoms with Gasteiger partial charge in [0.1, 0.15) is 16.4 Å². The first kappa shape index (κ1) is 23.6. The van der Waals surface area contributed by atoms with Gasteiger partial charge < -0.3 is 15.2 Å². The minimum atomic E-state index is -6.18. The van der Waals surface area contributed by atoms with Gasteiger partial charge in [-0.15, -0.1) is 4.83 Å². The first-order valence-corrected chi connectivity index (χ1v) is 8.49. The molecule has 0 aromatic heterocycles. The quantitative estimate of drug-likeness (QED) is 0.384. The molecule has 0 saturated carbocycles. The van der Waals surface area contributed by atoms with Gasteiger partial charge in [0.2, 0.25) is 0 Å². The Bertz CT molecular complexity index is 844. The average Bonchev–Trinajstić information content (AvgIpc) is 2.57. The van der Waals surface area contributed by atoms with E-state index in [0.29, 0.717) is 0 Å². The van der Waals surface area contributed by atoms with Gasteiger partial charge in [-0.25, -0.2) is 17.6 Å². The SMILES string of the molecule is COc1ccc(OC)c(S(=O)(=O)NN(C(N)=O)C(F)(F)C(C)(F)C(F)(F)F)c1. The van der Waals surface area contributed by atoms with Gasteiger partial charge in [-0.05, 0) is 19.1 Å². The molecule has 0 radical (unpaired) electrons. The summed E-state index contributed by atoms with van der Waals surface area (Å²) in [6.45, 7) is -0.580. The van der Waals surface area contributed by atoms with E-state index >= 15 is 0 Å². The molecule has 0 saturated heterocycles. The van der Waals surface area contributed by atoms with Crippen molar-refractivity contribution in [2.45, 2.75) is 29.7 Å². The fourth-order valence-corrected chi connectivity index (χ4v) is 3.02. The van der Waals surface area contributed by atoms with E-state index in [1.54, 1.807) is 0 Å². The zero-order valence-electron chi connectivity index (χ0n) is 14.5. The van der Waals surface area contributed by atoms with Crippen molar-refractivity contribution in [3.05, 3.63) is 18.2 Å². The fourth-order valence-electron chi connectivity index (χ4n) is 1.78. The van der Waals surface area contributed by atoms with Crippen molar-refractivity contribution in [1.82, 2.24) is 9.84 Å². The van der Waals surface area contributed by atoms with Crippen molar-refractivity contribution in [2.75, 3.05) is 14.2 Å². The molecule has 3 N–H and O–H groups in total. The summed E-state index contributed by atoms with van der Waals surface area (Å²) in [5, 5.41) is -1.46. The lowest BCUT2D eigenvalue weighted by Crippen LogP contribution is -2.68. The third kappa shape index (κ3) is 4.19. The molecule has 15 heteroatoms. The predicted octanol–water partition coefficient (Wildman–Crippen LogP) is 2.16. The molecule has 1 aromatic rings. The summed E-state index contributed by atoms with van der Waals surface area (Å²) in [5.74, 6) is -0.552. The fraction of sp³-hybridized carbons (Fsp3) is 0.462. The molecular formula is C13H15F6N3O5S. The highest BCUT2D eigenvalue weighted by Gasteiger charge is 2.72. The van der Waals surface area contributed by atoms with E-state index in [1.807, 2.05) is 0 Å². The minimum absolute atomic E-state index is 0.107. The van der Waals surface area contributed by atoms with Crippen molar-refractivity contribution in [3.63, 3.8) is 0 Å². The molecule has 160 valence electrons. The third-order valence-electron chi connectivity index (χ3n) is 3.47. The monoisotopic (exact) mass is 439 g/mol. The number of primary amides is 1. The first-order chi connectivity index (χ1) is 12.5. The number of nitrogens with one attached hydrogen (secondary N) is 1. The van der Waals surface area contributed by atoms with Crippen LogP contribution in [-0.2, 0) is 10.0 Å². The highest BCUT2D eigenvalue weighted by Crippen LogP contribution is 2.46. The van der Waals surface area contributed by atoms with Gasteiger partial charge in [0.25, 0.3) is 15.7 Å². The number of urea groups is 1. The number of methoxy groups -OCH3 is 2. The zero-order valence-corrected chi connectivity index (χ0v) is 15.3. The van der Waals surface area contributed by atoms with Crippen LogP contribution in [0, 0.1) is 0 Å². The normalized spacial score (nSPS) is 14.9. The summed E-state index contributed by atoms with van der Waals surface area (Å²) in [7, 11) is -3.08. The maximum Gasteiger partial charge on any atom is 0.430 e. The van der Waals surface area contributed by atoms with Crippen molar-refractivity contribution in [3.8, 4) is 11.5 Å². The van der Waals surface area contributed by atoms with Crippen LogP contribution in [-0.4, -0.2) is 51.6 Å². The van der Waals surface area contributed by atoms with E-state index in [1.165, 1.54) is 6.07 Å². The number of carbonyl (C=O) groups is 1. The summed E-state index contributed by atoms with van der Waals surface area (Å²) in [6.07, 6.45) is -6.18. The summed E-state index contributed by atoms with van der Waals surface area (Å²) in [6, 6.07) is -5.13. The molecule has 0 aliphatic carbocycles. The van der Waals surface area contributed by atoms with Crippen molar-refractivity contribution in [1.29, 1.82) is 0 Å². The Hall–Kier alpha value is -2.42. The van der Waals surface area contributed by atoms with Crippen LogP contribution in [0.1, 0.15) is 6.92 Å². The van der Waals surface area contributed by atoms with Crippen LogP contribution in [0.15, 0.2) is 23.1 Å². The molecule has 1 aromatic carbocycles. The molecule has 1 rings (SSSR count). The van der Waals surface area contributed by atoms with Crippen LogP contribution in [0.4, 0.5) is 31.1 Å². The molecule has 2 amide bonds. The van der Waals surface area contributed by atoms with Gasteiger partial charge >= 0.3 is 18.3 Å². The topological polar surface area (TPSA) is 111 Å². The third-order valence-corrected chi connectivity index (χ3v) is 4.79. The number of hydrogen-bond acceptors (Lipinski definition) is 5. The lowest BCUT2D eigenvalue weighted by molar-refractivity contribution is -0.329. The minimum Gasteiger partial charge on any atom is -0.497 e. The molecule has 0 heterocycles. The van der Waals surface area contributed by atoms with Crippen molar-refractivity contribution < 1.29 is 49.0 Å². The second kappa shape index (κ2) is 7.54. The van der Waals surface area contributed by atoms with Crippen LogP contribution >= 0.6 is 0 Å². The van der Waals surface area contributed by atoms with Gasteiger partial charge in [0.05, 0.1) is 14.2 Å². The van der Waals surface area contributed by atoms with E-state index in [-0.39, 0.29) is 5.75 Å². The molecular weight excluding hydrogens is 424 g/mol. The Balaban J connectivity index is 3.50. The maximum absolute atomic E-state index is 14.1. The Morgan fingerprint density at radius 1 is 1.11 bits per heavy atom. The van der Waals surface area contributed by atoms with Crippen LogP contribution in [0.5, 0.6) is 11.5 Å². The molecule has 1 atom stereocenters. The number of hydrogen-bond donors (Lipinski definition) is 2.